The van der Waals surface area contributed by atoms with Gasteiger partial charge in [-0.3, -0.25) is 4.79 Å². The van der Waals surface area contributed by atoms with Gasteiger partial charge in [-0.2, -0.15) is 4.68 Å². The number of morpholine rings is 1. The molecule has 8 heteroatoms. The number of rotatable bonds is 3. The van der Waals surface area contributed by atoms with E-state index in [1.807, 2.05) is 13.8 Å². The summed E-state index contributed by atoms with van der Waals surface area (Å²) in [6, 6.07) is 1.28. The summed E-state index contributed by atoms with van der Waals surface area (Å²) in [7, 11) is 0. The van der Waals surface area contributed by atoms with E-state index in [-0.39, 0.29) is 30.5 Å². The molecule has 0 radical (unpaired) electrons. The van der Waals surface area contributed by atoms with Gasteiger partial charge in [0, 0.05) is 13.1 Å². The first-order valence-corrected chi connectivity index (χ1v) is 6.07. The maximum absolute atomic E-state index is 12.1. The van der Waals surface area contributed by atoms with E-state index >= 15 is 0 Å². The molecule has 2 atom stereocenters. The fourth-order valence-electron chi connectivity index (χ4n) is 2.16. The molecule has 0 aromatic carbocycles. The third kappa shape index (κ3) is 3.28. The molecule has 2 unspecified atom stereocenters. The smallest absolute Gasteiger partial charge is 0.372 e. The average molecular weight is 268 g/mol. The minimum absolute atomic E-state index is 0.000317. The van der Waals surface area contributed by atoms with Crippen LogP contribution in [0.2, 0.25) is 0 Å². The molecule has 1 aromatic heterocycles. The second kappa shape index (κ2) is 5.35. The number of aromatic nitrogens is 2. The van der Waals surface area contributed by atoms with Crippen LogP contribution in [0.4, 0.5) is 5.82 Å². The van der Waals surface area contributed by atoms with Gasteiger partial charge in [0.25, 0.3) is 0 Å². The van der Waals surface area contributed by atoms with Crippen LogP contribution in [0.15, 0.2) is 12.3 Å². The van der Waals surface area contributed by atoms with Crippen molar-refractivity contribution in [2.24, 2.45) is 0 Å². The van der Waals surface area contributed by atoms with Crippen molar-refractivity contribution < 1.29 is 14.5 Å². The zero-order chi connectivity index (χ0) is 14.0. The lowest BCUT2D eigenvalue weighted by Gasteiger charge is -2.35. The van der Waals surface area contributed by atoms with Gasteiger partial charge in [-0.15, -0.1) is 0 Å². The average Bonchev–Trinajstić information content (AvgIpc) is 2.76. The van der Waals surface area contributed by atoms with Crippen molar-refractivity contribution in [2.45, 2.75) is 32.6 Å². The molecule has 0 spiro atoms. The van der Waals surface area contributed by atoms with Crippen LogP contribution in [0, 0.1) is 10.1 Å². The predicted molar refractivity (Wildman–Crippen MR) is 65.5 cm³/mol. The first-order valence-electron chi connectivity index (χ1n) is 6.07. The van der Waals surface area contributed by atoms with Crippen molar-refractivity contribution in [1.29, 1.82) is 0 Å². The monoisotopic (exact) mass is 268 g/mol. The fourth-order valence-corrected chi connectivity index (χ4v) is 2.16. The van der Waals surface area contributed by atoms with Crippen molar-refractivity contribution in [2.75, 3.05) is 13.1 Å². The van der Waals surface area contributed by atoms with Crippen LogP contribution in [0.3, 0.4) is 0 Å². The van der Waals surface area contributed by atoms with E-state index < -0.39 is 4.92 Å². The Bertz CT molecular complexity index is 477. The molecule has 1 aliphatic heterocycles. The molecular formula is C11H16N4O4. The highest BCUT2D eigenvalue weighted by Gasteiger charge is 2.26. The highest BCUT2D eigenvalue weighted by Crippen LogP contribution is 2.12. The number of nitrogens with zero attached hydrogens (tertiary/aromatic N) is 4. The second-order valence-corrected chi connectivity index (χ2v) is 4.68. The molecule has 19 heavy (non-hydrogen) atoms. The number of amides is 1. The van der Waals surface area contributed by atoms with E-state index in [9.17, 15) is 14.9 Å². The summed E-state index contributed by atoms with van der Waals surface area (Å²) >= 11 is 0. The summed E-state index contributed by atoms with van der Waals surface area (Å²) in [5, 5.41) is 14.2. The van der Waals surface area contributed by atoms with Crippen LogP contribution < -0.4 is 0 Å². The van der Waals surface area contributed by atoms with Gasteiger partial charge >= 0.3 is 5.82 Å². The zero-order valence-electron chi connectivity index (χ0n) is 10.9. The third-order valence-electron chi connectivity index (χ3n) is 2.88. The minimum Gasteiger partial charge on any atom is -0.372 e. The molecule has 1 amide bonds. The number of carbonyl (C=O) groups is 1. The predicted octanol–water partition coefficient (Wildman–Crippen LogP) is 0.427. The van der Waals surface area contributed by atoms with Gasteiger partial charge in [0.15, 0.2) is 0 Å². The van der Waals surface area contributed by atoms with Gasteiger partial charge in [-0.25, -0.2) is 0 Å². The summed E-state index contributed by atoms with van der Waals surface area (Å²) in [6.45, 7) is 4.90. The maximum Gasteiger partial charge on any atom is 0.389 e. The van der Waals surface area contributed by atoms with Crippen LogP contribution in [0.5, 0.6) is 0 Å². The molecule has 0 bridgehead atoms. The first kappa shape index (κ1) is 13.5. The molecule has 8 nitrogen and oxygen atoms in total. The van der Waals surface area contributed by atoms with Crippen LogP contribution in [0.1, 0.15) is 13.8 Å². The van der Waals surface area contributed by atoms with Crippen LogP contribution >= 0.6 is 0 Å². The third-order valence-corrected chi connectivity index (χ3v) is 2.88. The summed E-state index contributed by atoms with van der Waals surface area (Å²) in [4.78, 5) is 23.7. The molecule has 1 saturated heterocycles. The Kier molecular flexibility index (Phi) is 3.79. The van der Waals surface area contributed by atoms with Gasteiger partial charge < -0.3 is 19.8 Å². The Labute approximate surface area is 110 Å². The molecular weight excluding hydrogens is 252 g/mol. The summed E-state index contributed by atoms with van der Waals surface area (Å²) < 4.78 is 6.83. The van der Waals surface area contributed by atoms with E-state index in [0.29, 0.717) is 13.1 Å². The number of carbonyl (C=O) groups excluding carboxylic acids is 1. The Morgan fingerprint density at radius 3 is 2.68 bits per heavy atom. The topological polar surface area (TPSA) is 90.5 Å². The Hall–Kier alpha value is -1.96. The van der Waals surface area contributed by atoms with Crippen molar-refractivity contribution in [3.05, 3.63) is 22.4 Å². The molecule has 0 aliphatic carbocycles. The van der Waals surface area contributed by atoms with Gasteiger partial charge in [0.2, 0.25) is 5.91 Å². The number of hydrogen-bond donors (Lipinski definition) is 0. The van der Waals surface area contributed by atoms with Gasteiger partial charge in [-0.05, 0) is 18.8 Å². The highest BCUT2D eigenvalue weighted by molar-refractivity contribution is 5.76. The van der Waals surface area contributed by atoms with Crippen LogP contribution in [-0.2, 0) is 16.1 Å². The van der Waals surface area contributed by atoms with Crippen molar-refractivity contribution in [3.63, 3.8) is 0 Å². The lowest BCUT2D eigenvalue weighted by molar-refractivity contribution is -0.389. The maximum atomic E-state index is 12.1. The van der Waals surface area contributed by atoms with E-state index in [4.69, 9.17) is 4.74 Å². The van der Waals surface area contributed by atoms with E-state index in [1.54, 1.807) is 4.90 Å². The second-order valence-electron chi connectivity index (χ2n) is 4.68. The molecule has 1 fully saturated rings. The van der Waals surface area contributed by atoms with Gasteiger partial charge in [0.1, 0.15) is 6.54 Å². The number of nitro groups is 1. The minimum atomic E-state index is -0.583. The van der Waals surface area contributed by atoms with E-state index in [1.165, 1.54) is 16.9 Å². The normalized spacial score (nSPS) is 23.4. The Morgan fingerprint density at radius 2 is 2.16 bits per heavy atom. The SMILES string of the molecule is CC1CN(C(=O)Cn2ccc([N+](=O)[O-])n2)CC(C)O1. The Morgan fingerprint density at radius 1 is 1.53 bits per heavy atom. The first-order chi connectivity index (χ1) is 8.95. The molecule has 2 rings (SSSR count). The van der Waals surface area contributed by atoms with Gasteiger partial charge in [-0.1, -0.05) is 0 Å². The molecule has 0 saturated carbocycles. The molecule has 2 heterocycles. The molecule has 0 N–H and O–H groups in total. The van der Waals surface area contributed by atoms with E-state index in [0.717, 1.165) is 0 Å². The largest absolute Gasteiger partial charge is 0.389 e. The fraction of sp³-hybridized carbons (Fsp3) is 0.636. The highest BCUT2D eigenvalue weighted by atomic mass is 16.6. The van der Waals surface area contributed by atoms with Crippen LogP contribution in [-0.4, -0.2) is 50.8 Å². The lowest BCUT2D eigenvalue weighted by atomic mass is 10.2. The standard InChI is InChI=1S/C11H16N4O4/c1-8-5-13(6-9(2)19-8)11(16)7-14-4-3-10(12-14)15(17)18/h3-4,8-9H,5-7H2,1-2H3. The molecule has 104 valence electrons. The van der Waals surface area contributed by atoms with Crippen LogP contribution in [0.25, 0.3) is 0 Å². The number of ether oxygens (including phenoxy) is 1. The summed E-state index contributed by atoms with van der Waals surface area (Å²) in [5.41, 5.74) is 0. The summed E-state index contributed by atoms with van der Waals surface area (Å²) in [5.74, 6) is -0.364. The zero-order valence-corrected chi connectivity index (χ0v) is 10.9. The van der Waals surface area contributed by atoms with Crippen molar-refractivity contribution in [3.8, 4) is 0 Å². The van der Waals surface area contributed by atoms with Crippen molar-refractivity contribution >= 4 is 11.7 Å². The lowest BCUT2D eigenvalue weighted by Crippen LogP contribution is -2.49. The molecule has 1 aromatic rings. The van der Waals surface area contributed by atoms with Gasteiger partial charge in [0.05, 0.1) is 29.6 Å². The molecule has 1 aliphatic rings. The quantitative estimate of drug-likeness (QED) is 0.585. The number of hydrogen-bond acceptors (Lipinski definition) is 5. The van der Waals surface area contributed by atoms with Crippen molar-refractivity contribution in [1.82, 2.24) is 14.7 Å². The van der Waals surface area contributed by atoms with E-state index in [2.05, 4.69) is 5.10 Å². The Balaban J connectivity index is 1.98. The summed E-state index contributed by atoms with van der Waals surface area (Å²) in [6.07, 6.45) is 1.43.